The number of nitrogens with zero attached hydrogens (tertiary/aromatic N) is 5. The van der Waals surface area contributed by atoms with E-state index < -0.39 is 30.4 Å². The molecule has 3 aromatic rings. The van der Waals surface area contributed by atoms with Gasteiger partial charge in [-0.2, -0.15) is 0 Å². The monoisotopic (exact) mass is 539 g/mol. The fourth-order valence-corrected chi connectivity index (χ4v) is 4.58. The maximum atomic E-state index is 13.1. The number of carbonyl (C=O) groups excluding carboxylic acids is 2. The third kappa shape index (κ3) is 4.77. The van der Waals surface area contributed by atoms with Crippen molar-refractivity contribution < 1.29 is 24.5 Å². The second kappa shape index (κ2) is 10.5. The van der Waals surface area contributed by atoms with Crippen LogP contribution in [0.4, 0.5) is 5.82 Å². The minimum absolute atomic E-state index is 0.0574. The van der Waals surface area contributed by atoms with Gasteiger partial charge >= 0.3 is 0 Å². The molecule has 1 saturated heterocycles. The normalized spacial score (nSPS) is 22.9. The number of nitrogens with two attached hydrogens (primary N) is 1. The summed E-state index contributed by atoms with van der Waals surface area (Å²) in [5.74, 6) is 5.27. The number of nitrogens with one attached hydrogen (secondary N) is 1. The van der Waals surface area contributed by atoms with Crippen LogP contribution in [0.1, 0.15) is 41.7 Å². The quantitative estimate of drug-likeness (QED) is 0.337. The highest BCUT2D eigenvalue weighted by Crippen LogP contribution is 2.32. The fraction of sp³-hybridized carbons (Fsp3) is 0.400. The minimum atomic E-state index is -1.45. The number of likely N-dealkylation sites (N-methyl/N-ethyl adjacent to an activating group) is 1. The molecule has 13 heteroatoms. The van der Waals surface area contributed by atoms with Gasteiger partial charge in [0.2, 0.25) is 5.82 Å². The molecule has 2 fully saturated rings. The standard InChI is InChI=1S/C25H26ClN7O5/c1-28-23(36)20-18(34)19(35)25(38-20)33-12-29-17-21(27)30-16(31-22(17)33)6-3-11-32(15-4-2-5-15)24(37)13-7-9-14(26)10-8-13/h7-10,12,15,18-20,25,34-35H,2,4-5,11H2,1H3,(H,28,36)(H2,27,30,31)/t18-,19+,20-,25+/m0/s1. The number of hydrogen-bond donors (Lipinski definition) is 4. The Hall–Kier alpha value is -3.76. The third-order valence-corrected chi connectivity index (χ3v) is 7.03. The fourth-order valence-electron chi connectivity index (χ4n) is 4.46. The molecular weight excluding hydrogens is 514 g/mol. The third-order valence-electron chi connectivity index (χ3n) is 6.78. The van der Waals surface area contributed by atoms with Gasteiger partial charge in [-0.1, -0.05) is 17.5 Å². The van der Waals surface area contributed by atoms with E-state index in [-0.39, 0.29) is 41.3 Å². The smallest absolute Gasteiger partial charge is 0.254 e. The summed E-state index contributed by atoms with van der Waals surface area (Å²) < 4.78 is 7.00. The zero-order valence-corrected chi connectivity index (χ0v) is 21.2. The van der Waals surface area contributed by atoms with Gasteiger partial charge in [0.25, 0.3) is 11.8 Å². The lowest BCUT2D eigenvalue weighted by Gasteiger charge is -2.36. The lowest BCUT2D eigenvalue weighted by atomic mass is 9.91. The second-order valence-electron chi connectivity index (χ2n) is 9.13. The Balaban J connectivity index is 1.40. The van der Waals surface area contributed by atoms with Gasteiger partial charge in [-0.15, -0.1) is 0 Å². The molecule has 2 amide bonds. The molecule has 12 nitrogen and oxygen atoms in total. The van der Waals surface area contributed by atoms with Crippen LogP contribution in [0.2, 0.25) is 5.02 Å². The number of nitrogen functional groups attached to an aromatic ring is 1. The van der Waals surface area contributed by atoms with E-state index >= 15 is 0 Å². The van der Waals surface area contributed by atoms with Gasteiger partial charge in [0.15, 0.2) is 23.8 Å². The molecule has 3 heterocycles. The van der Waals surface area contributed by atoms with Gasteiger partial charge in [-0.3, -0.25) is 14.2 Å². The number of aliphatic hydroxyl groups excluding tert-OH is 2. The highest BCUT2D eigenvalue weighted by Gasteiger charge is 2.47. The van der Waals surface area contributed by atoms with Crippen LogP contribution in [0.15, 0.2) is 30.6 Å². The number of halogens is 1. The van der Waals surface area contributed by atoms with Crippen molar-refractivity contribution in [3.05, 3.63) is 47.0 Å². The molecule has 1 aromatic carbocycles. The van der Waals surface area contributed by atoms with Crippen LogP contribution in [0.5, 0.6) is 0 Å². The first-order chi connectivity index (χ1) is 18.3. The number of imidazole rings is 1. The van der Waals surface area contributed by atoms with Gasteiger partial charge in [0, 0.05) is 23.7 Å². The van der Waals surface area contributed by atoms with Crippen LogP contribution in [0.3, 0.4) is 0 Å². The zero-order chi connectivity index (χ0) is 27.0. The number of carbonyl (C=O) groups is 2. The number of aliphatic hydroxyl groups is 2. The number of aromatic nitrogens is 4. The molecule has 198 valence electrons. The molecule has 0 spiro atoms. The van der Waals surface area contributed by atoms with Crippen molar-refractivity contribution in [2.45, 2.75) is 49.8 Å². The van der Waals surface area contributed by atoms with Crippen molar-refractivity contribution in [2.75, 3.05) is 19.3 Å². The van der Waals surface area contributed by atoms with Gasteiger partial charge < -0.3 is 30.9 Å². The maximum absolute atomic E-state index is 13.1. The number of hydrogen-bond acceptors (Lipinski definition) is 9. The van der Waals surface area contributed by atoms with Crippen LogP contribution in [-0.2, 0) is 9.53 Å². The average molecular weight is 540 g/mol. The van der Waals surface area contributed by atoms with Gasteiger partial charge in [-0.05, 0) is 49.4 Å². The first-order valence-electron chi connectivity index (χ1n) is 12.1. The van der Waals surface area contributed by atoms with E-state index in [1.165, 1.54) is 17.9 Å². The summed E-state index contributed by atoms with van der Waals surface area (Å²) in [6.07, 6.45) is -1.09. The van der Waals surface area contributed by atoms with E-state index in [0.717, 1.165) is 19.3 Å². The Morgan fingerprint density at radius 3 is 2.63 bits per heavy atom. The molecule has 5 N–H and O–H groups in total. The Kier molecular flexibility index (Phi) is 7.18. The lowest BCUT2D eigenvalue weighted by molar-refractivity contribution is -0.137. The molecule has 38 heavy (non-hydrogen) atoms. The van der Waals surface area contributed by atoms with Gasteiger partial charge in [0.05, 0.1) is 12.9 Å². The Labute approximate surface area is 222 Å². The zero-order valence-electron chi connectivity index (χ0n) is 20.4. The van der Waals surface area contributed by atoms with Crippen LogP contribution >= 0.6 is 11.6 Å². The van der Waals surface area contributed by atoms with Crippen molar-refractivity contribution in [3.8, 4) is 11.8 Å². The Morgan fingerprint density at radius 1 is 1.24 bits per heavy atom. The molecular formula is C25H26ClN7O5. The molecule has 2 aromatic heterocycles. The van der Waals surface area contributed by atoms with Crippen molar-refractivity contribution >= 4 is 40.4 Å². The number of anilines is 1. The summed E-state index contributed by atoms with van der Waals surface area (Å²) in [6, 6.07) is 6.83. The molecule has 5 rings (SSSR count). The first-order valence-corrected chi connectivity index (χ1v) is 12.4. The molecule has 1 aliphatic heterocycles. The van der Waals surface area contributed by atoms with E-state index in [1.54, 1.807) is 29.2 Å². The van der Waals surface area contributed by atoms with Crippen LogP contribution in [-0.4, -0.2) is 84.4 Å². The van der Waals surface area contributed by atoms with Crippen LogP contribution in [0.25, 0.3) is 11.2 Å². The highest BCUT2D eigenvalue weighted by atomic mass is 35.5. The van der Waals surface area contributed by atoms with E-state index in [2.05, 4.69) is 32.1 Å². The van der Waals surface area contributed by atoms with Crippen LogP contribution in [0, 0.1) is 11.8 Å². The Bertz CT molecular complexity index is 1430. The first kappa shape index (κ1) is 25.9. The maximum Gasteiger partial charge on any atom is 0.254 e. The molecule has 0 unspecified atom stereocenters. The topological polar surface area (TPSA) is 169 Å². The summed E-state index contributed by atoms with van der Waals surface area (Å²) in [6.45, 7) is 0.164. The largest absolute Gasteiger partial charge is 0.387 e. The summed E-state index contributed by atoms with van der Waals surface area (Å²) in [7, 11) is 1.40. The predicted octanol–water partition coefficient (Wildman–Crippen LogP) is 0.473. The van der Waals surface area contributed by atoms with Gasteiger partial charge in [-0.25, -0.2) is 15.0 Å². The molecule has 2 aliphatic rings. The molecule has 0 bridgehead atoms. The average Bonchev–Trinajstić information content (AvgIpc) is 3.43. The lowest BCUT2D eigenvalue weighted by Crippen LogP contribution is -2.44. The SMILES string of the molecule is CNC(=O)[C@H]1O[C@@H](n2cnc3c(N)nc(C#CCN(C(=O)c4ccc(Cl)cc4)C4CCC4)nc32)[C@H](O)[C@@H]1O. The number of amides is 2. The van der Waals surface area contributed by atoms with E-state index in [9.17, 15) is 19.8 Å². The van der Waals surface area contributed by atoms with E-state index in [0.29, 0.717) is 10.6 Å². The van der Waals surface area contributed by atoms with E-state index in [4.69, 9.17) is 22.1 Å². The number of rotatable bonds is 5. The number of ether oxygens (including phenoxy) is 1. The highest BCUT2D eigenvalue weighted by molar-refractivity contribution is 6.30. The van der Waals surface area contributed by atoms with Crippen molar-refractivity contribution in [2.24, 2.45) is 0 Å². The summed E-state index contributed by atoms with van der Waals surface area (Å²) in [5.41, 5.74) is 7.08. The van der Waals surface area contributed by atoms with E-state index in [1.807, 2.05) is 0 Å². The molecule has 1 aliphatic carbocycles. The number of fused-ring (bicyclic) bond motifs is 1. The predicted molar refractivity (Wildman–Crippen MR) is 137 cm³/mol. The van der Waals surface area contributed by atoms with Crippen molar-refractivity contribution in [1.82, 2.24) is 29.7 Å². The van der Waals surface area contributed by atoms with Crippen molar-refractivity contribution in [1.29, 1.82) is 0 Å². The minimum Gasteiger partial charge on any atom is -0.387 e. The van der Waals surface area contributed by atoms with Crippen LogP contribution < -0.4 is 11.1 Å². The summed E-state index contributed by atoms with van der Waals surface area (Å²) >= 11 is 5.96. The number of benzene rings is 1. The summed E-state index contributed by atoms with van der Waals surface area (Å²) in [5, 5.41) is 23.8. The van der Waals surface area contributed by atoms with Gasteiger partial charge in [0.1, 0.15) is 17.7 Å². The molecule has 1 saturated carbocycles. The summed E-state index contributed by atoms with van der Waals surface area (Å²) in [4.78, 5) is 39.7. The molecule has 0 radical (unpaired) electrons. The second-order valence-corrected chi connectivity index (χ2v) is 9.56. The molecule has 4 atom stereocenters. The van der Waals surface area contributed by atoms with Crippen molar-refractivity contribution in [3.63, 3.8) is 0 Å². The Morgan fingerprint density at radius 2 is 1.97 bits per heavy atom.